The predicted molar refractivity (Wildman–Crippen MR) is 68.1 cm³/mol. The third-order valence-electron chi connectivity index (χ3n) is 2.46. The number of hydrazone groups is 1. The Morgan fingerprint density at radius 3 is 2.41 bits per heavy atom. The summed E-state index contributed by atoms with van der Waals surface area (Å²) in [4.78, 5) is 11.7. The van der Waals surface area contributed by atoms with Gasteiger partial charge in [-0.25, -0.2) is 5.43 Å². The Balaban J connectivity index is 2.70. The van der Waals surface area contributed by atoms with Crippen LogP contribution in [0, 0.1) is 5.92 Å². The lowest BCUT2D eigenvalue weighted by Crippen LogP contribution is -2.21. The molecule has 17 heavy (non-hydrogen) atoms. The summed E-state index contributed by atoms with van der Waals surface area (Å²) in [5.41, 5.74) is 3.95. The summed E-state index contributed by atoms with van der Waals surface area (Å²) in [5.74, 6) is 0.193. The molecular weight excluding hydrogens is 216 g/mol. The van der Waals surface area contributed by atoms with E-state index in [9.17, 15) is 4.79 Å². The van der Waals surface area contributed by atoms with Crippen LogP contribution in [-0.4, -0.2) is 16.7 Å². The minimum absolute atomic E-state index is 0.140. The van der Waals surface area contributed by atoms with E-state index >= 15 is 0 Å². The first-order valence-corrected chi connectivity index (χ1v) is 5.70. The number of carbonyl (C=O) groups is 1. The van der Waals surface area contributed by atoms with Crippen LogP contribution in [0.4, 0.5) is 0 Å². The summed E-state index contributed by atoms with van der Waals surface area (Å²) in [7, 11) is 0. The van der Waals surface area contributed by atoms with Crippen molar-refractivity contribution in [2.45, 2.75) is 27.2 Å². The smallest absolute Gasteiger partial charge is 0.271 e. The van der Waals surface area contributed by atoms with Gasteiger partial charge in [0.1, 0.15) is 5.75 Å². The van der Waals surface area contributed by atoms with Crippen LogP contribution in [0.5, 0.6) is 5.75 Å². The molecule has 4 heteroatoms. The molecule has 0 saturated heterocycles. The van der Waals surface area contributed by atoms with E-state index in [2.05, 4.69) is 10.5 Å². The van der Waals surface area contributed by atoms with Gasteiger partial charge in [-0.1, -0.05) is 20.8 Å². The van der Waals surface area contributed by atoms with Gasteiger partial charge in [-0.3, -0.25) is 4.79 Å². The highest BCUT2D eigenvalue weighted by Crippen LogP contribution is 2.09. The Morgan fingerprint density at radius 1 is 1.35 bits per heavy atom. The first kappa shape index (κ1) is 13.2. The summed E-state index contributed by atoms with van der Waals surface area (Å²) in [6.07, 6.45) is 0.813. The molecule has 0 unspecified atom stereocenters. The number of rotatable bonds is 4. The van der Waals surface area contributed by atoms with Crippen molar-refractivity contribution in [1.29, 1.82) is 0 Å². The molecule has 1 rings (SSSR count). The fraction of sp³-hybridized carbons (Fsp3) is 0.385. The lowest BCUT2D eigenvalue weighted by molar-refractivity contribution is 0.0954. The highest BCUT2D eigenvalue weighted by Gasteiger charge is 2.06. The molecule has 0 radical (unpaired) electrons. The van der Waals surface area contributed by atoms with E-state index in [1.54, 1.807) is 12.1 Å². The van der Waals surface area contributed by atoms with E-state index in [1.165, 1.54) is 12.1 Å². The van der Waals surface area contributed by atoms with Crippen molar-refractivity contribution in [2.75, 3.05) is 0 Å². The number of hydrogen-bond acceptors (Lipinski definition) is 3. The number of hydrogen-bond donors (Lipinski definition) is 2. The molecule has 0 aliphatic rings. The lowest BCUT2D eigenvalue weighted by Gasteiger charge is -2.07. The van der Waals surface area contributed by atoms with Gasteiger partial charge < -0.3 is 5.11 Å². The van der Waals surface area contributed by atoms with E-state index in [0.29, 0.717) is 11.5 Å². The molecule has 0 aliphatic heterocycles. The lowest BCUT2D eigenvalue weighted by atomic mass is 10.1. The molecule has 0 saturated carbocycles. The Labute approximate surface area is 101 Å². The molecule has 1 aromatic rings. The van der Waals surface area contributed by atoms with Gasteiger partial charge in [-0.2, -0.15) is 5.10 Å². The van der Waals surface area contributed by atoms with Crippen molar-refractivity contribution in [2.24, 2.45) is 11.0 Å². The van der Waals surface area contributed by atoms with Crippen molar-refractivity contribution in [3.63, 3.8) is 0 Å². The molecule has 0 aromatic heterocycles. The van der Waals surface area contributed by atoms with Gasteiger partial charge >= 0.3 is 0 Å². The van der Waals surface area contributed by atoms with Gasteiger partial charge in [0, 0.05) is 11.3 Å². The number of phenolic OH excluding ortho intramolecular Hbond substituents is 1. The van der Waals surface area contributed by atoms with Crippen LogP contribution in [-0.2, 0) is 0 Å². The largest absolute Gasteiger partial charge is 0.508 e. The topological polar surface area (TPSA) is 61.7 Å². The van der Waals surface area contributed by atoms with E-state index in [0.717, 1.165) is 12.1 Å². The van der Waals surface area contributed by atoms with Gasteiger partial charge in [0.05, 0.1) is 0 Å². The molecule has 4 nitrogen and oxygen atoms in total. The van der Waals surface area contributed by atoms with E-state index in [4.69, 9.17) is 5.11 Å². The minimum atomic E-state index is -0.267. The first-order chi connectivity index (χ1) is 8.04. The fourth-order valence-corrected chi connectivity index (χ4v) is 1.42. The molecule has 0 spiro atoms. The maximum Gasteiger partial charge on any atom is 0.271 e. The number of aromatic hydroxyl groups is 1. The van der Waals surface area contributed by atoms with Crippen molar-refractivity contribution in [3.8, 4) is 5.75 Å². The summed E-state index contributed by atoms with van der Waals surface area (Å²) in [6, 6.07) is 6.06. The molecule has 1 aromatic carbocycles. The Hall–Kier alpha value is -1.84. The van der Waals surface area contributed by atoms with Crippen molar-refractivity contribution >= 4 is 11.6 Å². The Kier molecular flexibility index (Phi) is 4.69. The first-order valence-electron chi connectivity index (χ1n) is 5.70. The maximum atomic E-state index is 11.7. The second-order valence-corrected chi connectivity index (χ2v) is 4.10. The van der Waals surface area contributed by atoms with Crippen LogP contribution >= 0.6 is 0 Å². The molecule has 92 valence electrons. The number of nitrogens with one attached hydrogen (secondary N) is 1. The van der Waals surface area contributed by atoms with E-state index in [-0.39, 0.29) is 11.7 Å². The number of carbonyl (C=O) groups excluding carboxylic acids is 1. The molecule has 0 bridgehead atoms. The molecule has 2 N–H and O–H groups in total. The minimum Gasteiger partial charge on any atom is -0.508 e. The molecule has 0 heterocycles. The number of benzene rings is 1. The average Bonchev–Trinajstić information content (AvgIpc) is 2.30. The average molecular weight is 234 g/mol. The molecule has 0 aliphatic carbocycles. The zero-order valence-electron chi connectivity index (χ0n) is 10.4. The Bertz CT molecular complexity index is 408. The van der Waals surface area contributed by atoms with Crippen LogP contribution in [0.25, 0.3) is 0 Å². The molecule has 0 atom stereocenters. The van der Waals surface area contributed by atoms with Gasteiger partial charge in [-0.15, -0.1) is 0 Å². The standard InChI is InChI=1S/C13H18N2O2/c1-4-12(9(2)3)14-15-13(17)10-5-7-11(16)8-6-10/h5-9,16H,4H2,1-3H3,(H,15,17)/b14-12-. The molecule has 1 amide bonds. The van der Waals surface area contributed by atoms with Gasteiger partial charge in [-0.05, 0) is 36.6 Å². The summed E-state index contributed by atoms with van der Waals surface area (Å²) >= 11 is 0. The van der Waals surface area contributed by atoms with E-state index < -0.39 is 0 Å². The zero-order chi connectivity index (χ0) is 12.8. The SMILES string of the molecule is CC/C(=N/NC(=O)c1ccc(O)cc1)C(C)C. The third-order valence-corrected chi connectivity index (χ3v) is 2.46. The Morgan fingerprint density at radius 2 is 1.94 bits per heavy atom. The highest BCUT2D eigenvalue weighted by molar-refractivity contribution is 5.95. The van der Waals surface area contributed by atoms with Gasteiger partial charge in [0.2, 0.25) is 0 Å². The maximum absolute atomic E-state index is 11.7. The van der Waals surface area contributed by atoms with Crippen LogP contribution in [0.1, 0.15) is 37.6 Å². The number of phenols is 1. The van der Waals surface area contributed by atoms with Crippen molar-refractivity contribution in [1.82, 2.24) is 5.43 Å². The summed E-state index contributed by atoms with van der Waals surface area (Å²) in [6.45, 7) is 6.08. The summed E-state index contributed by atoms with van der Waals surface area (Å²) < 4.78 is 0. The second kappa shape index (κ2) is 6.03. The normalized spacial score (nSPS) is 11.6. The fourth-order valence-electron chi connectivity index (χ4n) is 1.42. The highest BCUT2D eigenvalue weighted by atomic mass is 16.3. The predicted octanol–water partition coefficient (Wildman–Crippen LogP) is 2.54. The third kappa shape index (κ3) is 3.90. The molecular formula is C13H18N2O2. The van der Waals surface area contributed by atoms with Crippen LogP contribution < -0.4 is 5.43 Å². The van der Waals surface area contributed by atoms with Crippen molar-refractivity contribution < 1.29 is 9.90 Å². The summed E-state index contributed by atoms with van der Waals surface area (Å²) in [5, 5.41) is 13.2. The van der Waals surface area contributed by atoms with Gasteiger partial charge in [0.15, 0.2) is 0 Å². The number of nitrogens with zero attached hydrogens (tertiary/aromatic N) is 1. The monoisotopic (exact) mass is 234 g/mol. The van der Waals surface area contributed by atoms with Crippen LogP contribution in [0.2, 0.25) is 0 Å². The van der Waals surface area contributed by atoms with E-state index in [1.807, 2.05) is 20.8 Å². The van der Waals surface area contributed by atoms with Crippen LogP contribution in [0.15, 0.2) is 29.4 Å². The number of amides is 1. The van der Waals surface area contributed by atoms with Crippen LogP contribution in [0.3, 0.4) is 0 Å². The van der Waals surface area contributed by atoms with Gasteiger partial charge in [0.25, 0.3) is 5.91 Å². The second-order valence-electron chi connectivity index (χ2n) is 4.10. The van der Waals surface area contributed by atoms with Crippen molar-refractivity contribution in [3.05, 3.63) is 29.8 Å². The molecule has 0 fully saturated rings. The quantitative estimate of drug-likeness (QED) is 0.621. The zero-order valence-corrected chi connectivity index (χ0v) is 10.4.